The van der Waals surface area contributed by atoms with Crippen LogP contribution in [0.25, 0.3) is 0 Å². The molecule has 0 radical (unpaired) electrons. The Kier molecular flexibility index (Phi) is 11.5. The van der Waals surface area contributed by atoms with E-state index in [9.17, 15) is 32.9 Å². The van der Waals surface area contributed by atoms with Crippen LogP contribution >= 0.6 is 23.2 Å². The molecule has 11 nitrogen and oxygen atoms in total. The molecule has 0 aliphatic rings. The van der Waals surface area contributed by atoms with Crippen molar-refractivity contribution >= 4 is 40.8 Å². The largest absolute Gasteiger partial charge is 0.479 e. The summed E-state index contributed by atoms with van der Waals surface area (Å²) in [6.45, 7) is 1.39. The molecule has 16 heteroatoms. The number of esters is 1. The molecule has 4 aromatic rings. The number of nitro benzene ring substituents is 1. The molecular formula is C29H21Cl2F3N2O9. The lowest BCUT2D eigenvalue weighted by molar-refractivity contribution is -0.385. The van der Waals surface area contributed by atoms with Gasteiger partial charge in [-0.3, -0.25) is 10.1 Å². The minimum atomic E-state index is -4.45. The number of carbonyl (C=O) groups excluding carboxylic acids is 1. The molecule has 0 saturated heterocycles. The van der Waals surface area contributed by atoms with Crippen molar-refractivity contribution in [3.05, 3.63) is 110 Å². The van der Waals surface area contributed by atoms with Crippen molar-refractivity contribution in [1.82, 2.24) is 4.98 Å². The molecule has 1 heterocycles. The molecule has 0 amide bonds. The van der Waals surface area contributed by atoms with E-state index in [-0.39, 0.29) is 27.9 Å². The van der Waals surface area contributed by atoms with Gasteiger partial charge in [0.1, 0.15) is 28.6 Å². The third kappa shape index (κ3) is 9.98. The lowest BCUT2D eigenvalue weighted by Crippen LogP contribution is -2.22. The molecule has 1 atom stereocenters. The summed E-state index contributed by atoms with van der Waals surface area (Å²) in [5.74, 6) is -0.768. The quantitative estimate of drug-likeness (QED) is 0.105. The monoisotopic (exact) mass is 668 g/mol. The summed E-state index contributed by atoms with van der Waals surface area (Å²) < 4.78 is 57.7. The number of aliphatic carboxylic acids is 1. The number of hydrogen-bond acceptors (Lipinski definition) is 9. The number of nitrogens with zero attached hydrogens (tertiary/aromatic N) is 2. The number of rotatable bonds is 9. The van der Waals surface area contributed by atoms with E-state index in [0.29, 0.717) is 28.5 Å². The molecule has 0 fully saturated rings. The number of aromatic nitrogens is 1. The Balaban J connectivity index is 0.000000246. The van der Waals surface area contributed by atoms with Gasteiger partial charge in [-0.2, -0.15) is 13.2 Å². The van der Waals surface area contributed by atoms with Crippen LogP contribution in [0.4, 0.5) is 18.9 Å². The van der Waals surface area contributed by atoms with Crippen LogP contribution in [0.15, 0.2) is 79.0 Å². The molecule has 0 bridgehead atoms. The lowest BCUT2D eigenvalue weighted by Gasteiger charge is -2.11. The lowest BCUT2D eigenvalue weighted by atomic mass is 10.1. The van der Waals surface area contributed by atoms with Crippen molar-refractivity contribution in [2.24, 2.45) is 0 Å². The fraction of sp³-hybridized carbons (Fsp3) is 0.138. The molecule has 45 heavy (non-hydrogen) atoms. The highest BCUT2D eigenvalue weighted by molar-refractivity contribution is 6.35. The van der Waals surface area contributed by atoms with Crippen LogP contribution in [0.1, 0.15) is 22.8 Å². The van der Waals surface area contributed by atoms with Gasteiger partial charge < -0.3 is 24.1 Å². The van der Waals surface area contributed by atoms with Gasteiger partial charge in [0.05, 0.1) is 22.6 Å². The molecule has 4 rings (SSSR count). The smallest absolute Gasteiger partial charge is 0.417 e. The van der Waals surface area contributed by atoms with Crippen molar-refractivity contribution in [2.45, 2.75) is 19.2 Å². The number of pyridine rings is 1. The molecule has 0 saturated carbocycles. The maximum absolute atomic E-state index is 12.4. The molecule has 236 valence electrons. The van der Waals surface area contributed by atoms with Gasteiger partial charge in [0.2, 0.25) is 5.88 Å². The summed E-state index contributed by atoms with van der Waals surface area (Å²) in [5.41, 5.74) is -1.45. The highest BCUT2D eigenvalue weighted by Gasteiger charge is 2.30. The Morgan fingerprint density at radius 3 is 2.11 bits per heavy atom. The first kappa shape index (κ1) is 34.4. The number of methoxy groups -OCH3 is 1. The molecule has 0 aliphatic carbocycles. The number of carboxylic acids is 1. The number of alkyl halides is 3. The molecule has 0 aliphatic heterocycles. The Morgan fingerprint density at radius 2 is 1.58 bits per heavy atom. The summed E-state index contributed by atoms with van der Waals surface area (Å²) in [5, 5.41) is 20.4. The van der Waals surface area contributed by atoms with Crippen LogP contribution in [0.2, 0.25) is 10.0 Å². The number of carboxylic acid groups (broad SMARTS) is 1. The number of ether oxygens (including phenoxy) is 4. The van der Waals surface area contributed by atoms with Crippen LogP contribution in [0, 0.1) is 10.1 Å². The van der Waals surface area contributed by atoms with Crippen molar-refractivity contribution in [1.29, 1.82) is 0 Å². The first-order chi connectivity index (χ1) is 21.2. The molecule has 1 unspecified atom stereocenters. The zero-order valence-electron chi connectivity index (χ0n) is 23.1. The van der Waals surface area contributed by atoms with Crippen LogP contribution < -0.4 is 14.2 Å². The first-order valence-corrected chi connectivity index (χ1v) is 13.1. The highest BCUT2D eigenvalue weighted by atomic mass is 35.5. The third-order valence-corrected chi connectivity index (χ3v) is 5.99. The number of nitro groups is 1. The molecule has 1 N–H and O–H groups in total. The van der Waals surface area contributed by atoms with Crippen molar-refractivity contribution < 1.29 is 51.7 Å². The minimum Gasteiger partial charge on any atom is -0.479 e. The second kappa shape index (κ2) is 15.1. The maximum atomic E-state index is 12.4. The van der Waals surface area contributed by atoms with E-state index in [1.165, 1.54) is 49.4 Å². The predicted molar refractivity (Wildman–Crippen MR) is 154 cm³/mol. The van der Waals surface area contributed by atoms with Crippen molar-refractivity contribution in [2.75, 3.05) is 7.11 Å². The second-order valence-electron chi connectivity index (χ2n) is 8.66. The van der Waals surface area contributed by atoms with E-state index in [1.807, 2.05) is 0 Å². The first-order valence-electron chi connectivity index (χ1n) is 12.4. The second-order valence-corrected chi connectivity index (χ2v) is 9.50. The fourth-order valence-electron chi connectivity index (χ4n) is 3.27. The number of hydrogen-bond donors (Lipinski definition) is 1. The zero-order valence-corrected chi connectivity index (χ0v) is 24.6. The van der Waals surface area contributed by atoms with E-state index in [2.05, 4.69) is 9.72 Å². The standard InChI is InChI=1S/C15H12F3NO4.C14H9Cl2NO5/c1-9(14(20)21)22-11-3-5-12(6-4-11)23-13-7-2-10(8-19-13)15(16,17)18;1-21-14(18)10-7-9(3-4-12(10)17(19)20)22-13-5-2-8(15)6-11(13)16/h2-9H,1H3,(H,20,21);2-7H,1H3. The van der Waals surface area contributed by atoms with Gasteiger partial charge in [-0.1, -0.05) is 23.2 Å². The van der Waals surface area contributed by atoms with Gasteiger partial charge in [0.25, 0.3) is 5.69 Å². The van der Waals surface area contributed by atoms with Gasteiger partial charge in [0.15, 0.2) is 6.10 Å². The Hall–Kier alpha value is -5.08. The Morgan fingerprint density at radius 1 is 0.933 bits per heavy atom. The van der Waals surface area contributed by atoms with Crippen molar-refractivity contribution in [3.8, 4) is 28.9 Å². The molecule has 0 spiro atoms. The normalized spacial score (nSPS) is 11.4. The summed E-state index contributed by atoms with van der Waals surface area (Å²) in [4.78, 5) is 36.1. The SMILES string of the molecule is CC(Oc1ccc(Oc2ccc(C(F)(F)F)cn2)cc1)C(=O)O.COC(=O)c1cc(Oc2ccc(Cl)cc2Cl)ccc1[N+](=O)[O-]. The van der Waals surface area contributed by atoms with E-state index in [0.717, 1.165) is 25.3 Å². The van der Waals surface area contributed by atoms with Crippen LogP contribution in [0.5, 0.6) is 28.9 Å². The topological polar surface area (TPSA) is 147 Å². The fourth-order valence-corrected chi connectivity index (χ4v) is 3.71. The summed E-state index contributed by atoms with van der Waals surface area (Å²) >= 11 is 11.8. The van der Waals surface area contributed by atoms with E-state index in [4.69, 9.17) is 42.5 Å². The minimum absolute atomic E-state index is 0.00516. The maximum Gasteiger partial charge on any atom is 0.417 e. The van der Waals surface area contributed by atoms with Gasteiger partial charge in [-0.15, -0.1) is 0 Å². The average molecular weight is 669 g/mol. The number of carbonyl (C=O) groups is 2. The van der Waals surface area contributed by atoms with Gasteiger partial charge in [-0.05, 0) is 61.5 Å². The van der Waals surface area contributed by atoms with E-state index in [1.54, 1.807) is 12.1 Å². The van der Waals surface area contributed by atoms with Gasteiger partial charge in [-0.25, -0.2) is 14.6 Å². The van der Waals surface area contributed by atoms with E-state index >= 15 is 0 Å². The number of halogens is 5. The van der Waals surface area contributed by atoms with Crippen LogP contribution in [0.3, 0.4) is 0 Å². The summed E-state index contributed by atoms with van der Waals surface area (Å²) in [7, 11) is 1.13. The Bertz CT molecular complexity index is 1670. The molecule has 3 aromatic carbocycles. The molecule has 1 aromatic heterocycles. The summed E-state index contributed by atoms with van der Waals surface area (Å²) in [6.07, 6.45) is -4.77. The summed E-state index contributed by atoms with van der Waals surface area (Å²) in [6, 6.07) is 16.3. The zero-order chi connectivity index (χ0) is 33.3. The Labute approximate surface area is 262 Å². The van der Waals surface area contributed by atoms with Gasteiger partial charge in [0, 0.05) is 29.4 Å². The van der Waals surface area contributed by atoms with Crippen LogP contribution in [-0.2, 0) is 15.7 Å². The average Bonchev–Trinajstić information content (AvgIpc) is 2.99. The van der Waals surface area contributed by atoms with Gasteiger partial charge >= 0.3 is 18.1 Å². The molecular weight excluding hydrogens is 648 g/mol. The predicted octanol–water partition coefficient (Wildman–Crippen LogP) is 8.23. The van der Waals surface area contributed by atoms with Crippen molar-refractivity contribution in [3.63, 3.8) is 0 Å². The highest BCUT2D eigenvalue weighted by Crippen LogP contribution is 2.34. The number of benzene rings is 3. The van der Waals surface area contributed by atoms with Crippen LogP contribution in [-0.4, -0.2) is 40.2 Å². The van der Waals surface area contributed by atoms with E-state index < -0.39 is 34.7 Å². The third-order valence-electron chi connectivity index (χ3n) is 5.46.